The highest BCUT2D eigenvalue weighted by atomic mass is 16.6. The first-order valence-electron chi connectivity index (χ1n) is 13.4. The lowest BCUT2D eigenvalue weighted by Crippen LogP contribution is -2.42. The zero-order valence-electron chi connectivity index (χ0n) is 22.4. The lowest BCUT2D eigenvalue weighted by atomic mass is 9.85. The average molecular weight is 477 g/mol. The topological polar surface area (TPSA) is 43.4 Å². The maximum atomic E-state index is 13.3. The fraction of sp³-hybridized carbons (Fsp3) is 0.500. The van der Waals surface area contributed by atoms with E-state index in [1.165, 1.54) is 43.7 Å². The third-order valence-electron chi connectivity index (χ3n) is 6.88. The molecule has 0 spiro atoms. The van der Waals surface area contributed by atoms with Crippen LogP contribution >= 0.6 is 0 Å². The molecule has 0 heterocycles. The normalized spacial score (nSPS) is 15.8. The van der Waals surface area contributed by atoms with Gasteiger partial charge in [0, 0.05) is 11.6 Å². The quantitative estimate of drug-likeness (QED) is 0.206. The third-order valence-corrected chi connectivity index (χ3v) is 6.88. The molecule has 0 N–H and O–H groups in total. The molecule has 0 amide bonds. The van der Waals surface area contributed by atoms with Crippen molar-refractivity contribution in [2.24, 2.45) is 5.92 Å². The van der Waals surface area contributed by atoms with Crippen molar-refractivity contribution in [3.05, 3.63) is 77.4 Å². The first-order chi connectivity index (χ1) is 16.8. The minimum atomic E-state index is -1.13. The summed E-state index contributed by atoms with van der Waals surface area (Å²) in [5.41, 5.74) is 1.54. The van der Waals surface area contributed by atoms with E-state index in [1.54, 1.807) is 6.08 Å². The third kappa shape index (κ3) is 9.12. The number of benzene rings is 2. The van der Waals surface area contributed by atoms with Gasteiger partial charge in [-0.25, -0.2) is 4.79 Å². The molecule has 1 aliphatic carbocycles. The van der Waals surface area contributed by atoms with E-state index in [-0.39, 0.29) is 5.78 Å². The predicted octanol–water partition coefficient (Wildman–Crippen LogP) is 8.78. The molecule has 0 aliphatic heterocycles. The molecule has 1 atom stereocenters. The molecule has 1 fully saturated rings. The minimum absolute atomic E-state index is 0.131. The Morgan fingerprint density at radius 2 is 1.60 bits per heavy atom. The van der Waals surface area contributed by atoms with Crippen LogP contribution in [0.25, 0.3) is 6.08 Å². The zero-order valence-corrected chi connectivity index (χ0v) is 22.4. The lowest BCUT2D eigenvalue weighted by Gasteiger charge is -2.30. The smallest absolute Gasteiger partial charge is 0.331 e. The Bertz CT molecular complexity index is 921. The van der Waals surface area contributed by atoms with Crippen molar-refractivity contribution in [1.82, 2.24) is 0 Å². The van der Waals surface area contributed by atoms with Crippen LogP contribution in [0.3, 0.4) is 0 Å². The molecule has 190 valence electrons. The SMILES string of the molecule is CC1CCCCC1.CCCC(CC)(OC(=O)/C=C/c1ccccc1)C(=O)c1ccc(C(C)C)cc1. The second-order valence-corrected chi connectivity index (χ2v) is 10.1. The van der Waals surface area contributed by atoms with Gasteiger partial charge in [0.25, 0.3) is 0 Å². The summed E-state index contributed by atoms with van der Waals surface area (Å²) in [5.74, 6) is 0.811. The van der Waals surface area contributed by atoms with Gasteiger partial charge in [-0.05, 0) is 41.9 Å². The fourth-order valence-corrected chi connectivity index (χ4v) is 4.57. The predicted molar refractivity (Wildman–Crippen MR) is 147 cm³/mol. The van der Waals surface area contributed by atoms with Crippen LogP contribution in [-0.4, -0.2) is 17.4 Å². The van der Waals surface area contributed by atoms with E-state index >= 15 is 0 Å². The van der Waals surface area contributed by atoms with Gasteiger partial charge in [-0.2, -0.15) is 0 Å². The van der Waals surface area contributed by atoms with Crippen LogP contribution in [0.1, 0.15) is 113 Å². The summed E-state index contributed by atoms with van der Waals surface area (Å²) >= 11 is 0. The first kappa shape index (κ1) is 28.6. The molecule has 35 heavy (non-hydrogen) atoms. The van der Waals surface area contributed by atoms with E-state index in [9.17, 15) is 9.59 Å². The monoisotopic (exact) mass is 476 g/mol. The van der Waals surface area contributed by atoms with Gasteiger partial charge >= 0.3 is 5.97 Å². The van der Waals surface area contributed by atoms with Crippen LogP contribution in [0.2, 0.25) is 0 Å². The van der Waals surface area contributed by atoms with Crippen molar-refractivity contribution in [3.8, 4) is 0 Å². The Balaban J connectivity index is 0.000000527. The number of ketones is 1. The molecule has 2 aromatic rings. The molecule has 2 aromatic carbocycles. The van der Waals surface area contributed by atoms with Crippen molar-refractivity contribution in [1.29, 1.82) is 0 Å². The van der Waals surface area contributed by atoms with Crippen LogP contribution < -0.4 is 0 Å². The van der Waals surface area contributed by atoms with Crippen molar-refractivity contribution in [3.63, 3.8) is 0 Å². The molecule has 1 aliphatic rings. The summed E-state index contributed by atoms with van der Waals surface area (Å²) in [5, 5.41) is 0. The summed E-state index contributed by atoms with van der Waals surface area (Å²) in [6, 6.07) is 17.2. The number of hydrogen-bond acceptors (Lipinski definition) is 3. The molecule has 0 aromatic heterocycles. The summed E-state index contributed by atoms with van der Waals surface area (Å²) in [6.45, 7) is 10.5. The Hall–Kier alpha value is -2.68. The van der Waals surface area contributed by atoms with Crippen LogP contribution in [0, 0.1) is 5.92 Å². The molecule has 1 saturated carbocycles. The lowest BCUT2D eigenvalue weighted by molar-refractivity contribution is -0.150. The number of carbonyl (C=O) groups is 2. The van der Waals surface area contributed by atoms with Crippen molar-refractivity contribution in [2.45, 2.75) is 97.5 Å². The maximum absolute atomic E-state index is 13.3. The molecular weight excluding hydrogens is 432 g/mol. The van der Waals surface area contributed by atoms with Gasteiger partial charge in [0.15, 0.2) is 5.60 Å². The highest BCUT2D eigenvalue weighted by Crippen LogP contribution is 2.29. The number of ether oxygens (including phenoxy) is 1. The highest BCUT2D eigenvalue weighted by Gasteiger charge is 2.40. The summed E-state index contributed by atoms with van der Waals surface area (Å²) in [7, 11) is 0. The summed E-state index contributed by atoms with van der Waals surface area (Å²) < 4.78 is 5.77. The fourth-order valence-electron chi connectivity index (χ4n) is 4.57. The minimum Gasteiger partial charge on any atom is -0.447 e. The van der Waals surface area contributed by atoms with Crippen molar-refractivity contribution in [2.75, 3.05) is 0 Å². The second-order valence-electron chi connectivity index (χ2n) is 10.1. The van der Waals surface area contributed by atoms with E-state index in [2.05, 4.69) is 20.8 Å². The molecule has 3 heteroatoms. The average Bonchev–Trinajstić information content (AvgIpc) is 2.88. The maximum Gasteiger partial charge on any atom is 0.331 e. The number of esters is 1. The molecule has 1 unspecified atom stereocenters. The van der Waals surface area contributed by atoms with Crippen LogP contribution in [-0.2, 0) is 9.53 Å². The van der Waals surface area contributed by atoms with Crippen LogP contribution in [0.4, 0.5) is 0 Å². The number of rotatable bonds is 9. The van der Waals surface area contributed by atoms with E-state index in [1.807, 2.05) is 68.4 Å². The molecular formula is C32H44O3. The number of hydrogen-bond donors (Lipinski definition) is 0. The Morgan fingerprint density at radius 3 is 2.09 bits per heavy atom. The van der Waals surface area contributed by atoms with Gasteiger partial charge in [0.05, 0.1) is 0 Å². The van der Waals surface area contributed by atoms with Gasteiger partial charge in [0.2, 0.25) is 5.78 Å². The molecule has 3 rings (SSSR count). The highest BCUT2D eigenvalue weighted by molar-refractivity contribution is 6.04. The van der Waals surface area contributed by atoms with Gasteiger partial charge < -0.3 is 4.74 Å². The molecule has 3 nitrogen and oxygen atoms in total. The Labute approximate surface area is 213 Å². The number of carbonyl (C=O) groups excluding carboxylic acids is 2. The van der Waals surface area contributed by atoms with Gasteiger partial charge in [-0.1, -0.05) is 128 Å². The first-order valence-corrected chi connectivity index (χ1v) is 13.4. The van der Waals surface area contributed by atoms with Gasteiger partial charge in [0.1, 0.15) is 0 Å². The largest absolute Gasteiger partial charge is 0.447 e. The van der Waals surface area contributed by atoms with Crippen molar-refractivity contribution < 1.29 is 14.3 Å². The Morgan fingerprint density at radius 1 is 0.971 bits per heavy atom. The molecule has 0 saturated heterocycles. The molecule has 0 radical (unpaired) electrons. The standard InChI is InChI=1S/C25H30O3.C7H14/c1-5-18-25(6-2,24(27)22-15-13-21(14-16-22)19(3)4)28-23(26)17-12-20-10-8-7-9-11-20;1-7-5-3-2-4-6-7/h7-17,19H,5-6,18H2,1-4H3;7H,2-6H2,1H3/b17-12+;. The van der Waals surface area contributed by atoms with E-state index in [0.29, 0.717) is 24.3 Å². The van der Waals surface area contributed by atoms with Crippen LogP contribution in [0.5, 0.6) is 0 Å². The van der Waals surface area contributed by atoms with E-state index < -0.39 is 11.6 Å². The summed E-state index contributed by atoms with van der Waals surface area (Å²) in [4.78, 5) is 25.8. The number of Topliss-reactive ketones (excluding diaryl/α,β-unsaturated/α-hetero) is 1. The van der Waals surface area contributed by atoms with Crippen molar-refractivity contribution >= 4 is 17.8 Å². The van der Waals surface area contributed by atoms with E-state index in [4.69, 9.17) is 4.74 Å². The Kier molecular flexibility index (Phi) is 12.0. The molecule has 0 bridgehead atoms. The summed E-state index contributed by atoms with van der Waals surface area (Å²) in [6.07, 6.45) is 12.2. The van der Waals surface area contributed by atoms with Gasteiger partial charge in [-0.15, -0.1) is 0 Å². The zero-order chi connectivity index (χ0) is 25.7. The second kappa shape index (κ2) is 14.7. The van der Waals surface area contributed by atoms with Gasteiger partial charge in [-0.3, -0.25) is 4.79 Å². The van der Waals surface area contributed by atoms with E-state index in [0.717, 1.165) is 17.9 Å². The van der Waals surface area contributed by atoms with Crippen LogP contribution in [0.15, 0.2) is 60.7 Å².